The number of amides is 3. The summed E-state index contributed by atoms with van der Waals surface area (Å²) in [4.78, 5) is 46.4. The van der Waals surface area contributed by atoms with Gasteiger partial charge in [-0.1, -0.05) is 6.92 Å². The van der Waals surface area contributed by atoms with Crippen LogP contribution in [0.15, 0.2) is 36.5 Å². The third kappa shape index (κ3) is 4.33. The number of fused-ring (bicyclic) bond motifs is 3. The molecule has 3 amide bonds. The predicted molar refractivity (Wildman–Crippen MR) is 122 cm³/mol. The quantitative estimate of drug-likeness (QED) is 0.473. The van der Waals surface area contributed by atoms with Crippen molar-refractivity contribution in [2.75, 3.05) is 39.0 Å². The van der Waals surface area contributed by atoms with Gasteiger partial charge in [0.25, 0.3) is 17.7 Å². The number of pyridine rings is 1. The van der Waals surface area contributed by atoms with Crippen molar-refractivity contribution in [2.24, 2.45) is 0 Å². The Balaban J connectivity index is 1.47. The van der Waals surface area contributed by atoms with E-state index in [1.807, 2.05) is 32.0 Å². The fraction of sp³-hybridized carbons (Fsp3) is 0.304. The van der Waals surface area contributed by atoms with Crippen LogP contribution in [-0.4, -0.2) is 66.3 Å². The largest absolute Gasteiger partial charge is 0.350 e. The maximum absolute atomic E-state index is 12.8. The summed E-state index contributed by atoms with van der Waals surface area (Å²) < 4.78 is 0. The Kier molecular flexibility index (Phi) is 5.91. The van der Waals surface area contributed by atoms with E-state index in [0.29, 0.717) is 30.0 Å². The number of rotatable bonds is 6. The van der Waals surface area contributed by atoms with Gasteiger partial charge in [0.2, 0.25) is 0 Å². The van der Waals surface area contributed by atoms with Gasteiger partial charge >= 0.3 is 0 Å². The predicted octanol–water partition coefficient (Wildman–Crippen LogP) is 1.95. The molecular formula is C23H26N6O3. The van der Waals surface area contributed by atoms with Crippen molar-refractivity contribution in [2.45, 2.75) is 12.8 Å². The van der Waals surface area contributed by atoms with Crippen LogP contribution in [0.1, 0.15) is 49.7 Å². The first-order valence-electron chi connectivity index (χ1n) is 10.5. The van der Waals surface area contributed by atoms with Gasteiger partial charge in [-0.25, -0.2) is 4.98 Å². The molecule has 0 aliphatic carbocycles. The van der Waals surface area contributed by atoms with E-state index in [1.165, 1.54) is 6.20 Å². The minimum atomic E-state index is -0.292. The van der Waals surface area contributed by atoms with Crippen LogP contribution < -0.4 is 16.0 Å². The number of benzene rings is 1. The van der Waals surface area contributed by atoms with Crippen molar-refractivity contribution in [1.82, 2.24) is 25.5 Å². The first kappa shape index (κ1) is 21.5. The smallest absolute Gasteiger partial charge is 0.269 e. The van der Waals surface area contributed by atoms with Crippen LogP contribution >= 0.6 is 0 Å². The lowest BCUT2D eigenvalue weighted by molar-refractivity contribution is 0.0932. The Morgan fingerprint density at radius 3 is 2.72 bits per heavy atom. The molecule has 32 heavy (non-hydrogen) atoms. The van der Waals surface area contributed by atoms with Gasteiger partial charge in [-0.2, -0.15) is 0 Å². The van der Waals surface area contributed by atoms with Crippen LogP contribution in [0.5, 0.6) is 0 Å². The fourth-order valence-electron chi connectivity index (χ4n) is 3.77. The van der Waals surface area contributed by atoms with Gasteiger partial charge in [0.15, 0.2) is 0 Å². The molecule has 0 spiro atoms. The minimum Gasteiger partial charge on any atom is -0.350 e. The fourth-order valence-corrected chi connectivity index (χ4v) is 3.77. The summed E-state index contributed by atoms with van der Waals surface area (Å²) in [6, 6.07) is 8.54. The number of aromatic amines is 1. The zero-order valence-corrected chi connectivity index (χ0v) is 18.3. The van der Waals surface area contributed by atoms with Crippen LogP contribution in [0.3, 0.4) is 0 Å². The highest BCUT2D eigenvalue weighted by Gasteiger charge is 2.27. The van der Waals surface area contributed by atoms with Gasteiger partial charge in [0.05, 0.1) is 11.9 Å². The molecule has 9 heteroatoms. The van der Waals surface area contributed by atoms with Gasteiger partial charge in [-0.15, -0.1) is 0 Å². The molecule has 0 radical (unpaired) electrons. The monoisotopic (exact) mass is 434 g/mol. The van der Waals surface area contributed by atoms with Gasteiger partial charge in [0.1, 0.15) is 11.4 Å². The van der Waals surface area contributed by atoms with E-state index in [-0.39, 0.29) is 29.3 Å². The molecular weight excluding hydrogens is 408 g/mol. The van der Waals surface area contributed by atoms with Crippen LogP contribution in [-0.2, 0) is 0 Å². The molecule has 1 atom stereocenters. The third-order valence-electron chi connectivity index (χ3n) is 5.49. The molecule has 4 N–H and O–H groups in total. The van der Waals surface area contributed by atoms with Gasteiger partial charge in [0, 0.05) is 42.0 Å². The van der Waals surface area contributed by atoms with Crippen molar-refractivity contribution in [3.05, 3.63) is 59.0 Å². The molecule has 166 valence electrons. The summed E-state index contributed by atoms with van der Waals surface area (Å²) in [5.41, 5.74) is 3.56. The second-order valence-corrected chi connectivity index (χ2v) is 8.23. The van der Waals surface area contributed by atoms with Gasteiger partial charge in [-0.05, 0) is 50.0 Å². The maximum atomic E-state index is 12.8. The molecule has 1 aliphatic heterocycles. The summed E-state index contributed by atoms with van der Waals surface area (Å²) in [5.74, 6) is -0.530. The first-order chi connectivity index (χ1) is 15.3. The van der Waals surface area contributed by atoms with E-state index < -0.39 is 0 Å². The molecule has 1 unspecified atom stereocenters. The Morgan fingerprint density at radius 1 is 1.19 bits per heavy atom. The topological polar surface area (TPSA) is 119 Å². The Bertz CT molecular complexity index is 1180. The Hall–Kier alpha value is -3.72. The van der Waals surface area contributed by atoms with Crippen molar-refractivity contribution < 1.29 is 14.4 Å². The zero-order chi connectivity index (χ0) is 22.8. The number of aromatic nitrogens is 2. The first-order valence-corrected chi connectivity index (χ1v) is 10.5. The summed E-state index contributed by atoms with van der Waals surface area (Å²) in [5, 5.41) is 9.34. The number of H-pyrrole nitrogens is 1. The van der Waals surface area contributed by atoms with Crippen molar-refractivity contribution in [3.8, 4) is 0 Å². The lowest BCUT2D eigenvalue weighted by Gasteiger charge is -2.19. The van der Waals surface area contributed by atoms with E-state index in [9.17, 15) is 14.4 Å². The normalized spacial score (nSPS) is 15.4. The molecule has 3 heterocycles. The highest BCUT2D eigenvalue weighted by molar-refractivity contribution is 6.08. The number of hydrogen-bond acceptors (Lipinski definition) is 5. The summed E-state index contributed by atoms with van der Waals surface area (Å²) in [6.45, 7) is 3.87. The van der Waals surface area contributed by atoms with E-state index in [0.717, 1.165) is 23.0 Å². The molecule has 0 saturated carbocycles. The molecule has 0 bridgehead atoms. The average Bonchev–Trinajstić information content (AvgIpc) is 3.16. The van der Waals surface area contributed by atoms with Crippen LogP contribution in [0.25, 0.3) is 10.9 Å². The zero-order valence-electron chi connectivity index (χ0n) is 18.3. The van der Waals surface area contributed by atoms with Gasteiger partial charge in [-0.3, -0.25) is 14.4 Å². The average molecular weight is 435 g/mol. The number of likely N-dealkylation sites (N-methyl/N-ethyl adjacent to an activating group) is 1. The van der Waals surface area contributed by atoms with Crippen molar-refractivity contribution >= 4 is 34.3 Å². The molecule has 4 rings (SSSR count). The highest BCUT2D eigenvalue weighted by atomic mass is 16.2. The summed E-state index contributed by atoms with van der Waals surface area (Å²) in [6.07, 6.45) is 1.46. The molecule has 0 fully saturated rings. The number of carbonyl (C=O) groups is 3. The lowest BCUT2D eigenvalue weighted by atomic mass is 9.93. The molecule has 1 aliphatic rings. The number of hydrogen-bond donors (Lipinski definition) is 4. The Morgan fingerprint density at radius 2 is 2.00 bits per heavy atom. The third-order valence-corrected chi connectivity index (χ3v) is 5.49. The van der Waals surface area contributed by atoms with Crippen molar-refractivity contribution in [3.63, 3.8) is 0 Å². The summed E-state index contributed by atoms with van der Waals surface area (Å²) >= 11 is 0. The van der Waals surface area contributed by atoms with E-state index in [2.05, 4.69) is 25.9 Å². The molecule has 0 saturated heterocycles. The summed E-state index contributed by atoms with van der Waals surface area (Å²) in [7, 11) is 3.86. The van der Waals surface area contributed by atoms with E-state index >= 15 is 0 Å². The number of carbonyl (C=O) groups excluding carboxylic acids is 3. The van der Waals surface area contributed by atoms with Crippen molar-refractivity contribution in [1.29, 1.82) is 0 Å². The second kappa shape index (κ2) is 8.80. The molecule has 2 aromatic heterocycles. The minimum absolute atomic E-state index is 0.128. The standard InChI is InChI=1S/C23H26N6O3/c1-13-11-26-23(32)20-19(13)16-10-14(4-6-17(16)28-20)21(30)27-15-5-7-18(25-12-15)22(31)24-8-9-29(2)3/h4-7,10,12-13,28H,8-9,11H2,1-3H3,(H,24,31)(H,26,32)(H,27,30). The molecule has 1 aromatic carbocycles. The number of nitrogens with zero attached hydrogens (tertiary/aromatic N) is 2. The number of anilines is 1. The maximum Gasteiger partial charge on any atom is 0.269 e. The molecule has 9 nitrogen and oxygen atoms in total. The lowest BCUT2D eigenvalue weighted by Crippen LogP contribution is -2.33. The van der Waals surface area contributed by atoms with E-state index in [1.54, 1.807) is 24.3 Å². The van der Waals surface area contributed by atoms with Gasteiger partial charge < -0.3 is 25.8 Å². The van der Waals surface area contributed by atoms with Crippen LogP contribution in [0, 0.1) is 0 Å². The highest BCUT2D eigenvalue weighted by Crippen LogP contribution is 2.32. The second-order valence-electron chi connectivity index (χ2n) is 8.23. The Labute approximate surface area is 185 Å². The SMILES string of the molecule is CC1CNC(=O)c2[nH]c3ccc(C(=O)Nc4ccc(C(=O)NCCN(C)C)nc4)cc3c21. The molecule has 3 aromatic rings. The van der Waals surface area contributed by atoms with Crippen LogP contribution in [0.4, 0.5) is 5.69 Å². The number of nitrogens with one attached hydrogen (secondary N) is 4. The van der Waals surface area contributed by atoms with Crippen LogP contribution in [0.2, 0.25) is 0 Å². The van der Waals surface area contributed by atoms with E-state index in [4.69, 9.17) is 0 Å².